The van der Waals surface area contributed by atoms with Crippen molar-refractivity contribution in [2.45, 2.75) is 31.8 Å². The van der Waals surface area contributed by atoms with Gasteiger partial charge in [-0.2, -0.15) is 0 Å². The van der Waals surface area contributed by atoms with Gasteiger partial charge in [0.2, 0.25) is 11.3 Å². The summed E-state index contributed by atoms with van der Waals surface area (Å²) in [5.74, 6) is -1.29. The first-order valence-corrected chi connectivity index (χ1v) is 11.9. The summed E-state index contributed by atoms with van der Waals surface area (Å²) in [5, 5.41) is 12.6. The number of pyridine rings is 1. The molecule has 1 saturated heterocycles. The number of aromatic nitrogens is 1. The van der Waals surface area contributed by atoms with Gasteiger partial charge in [0.25, 0.3) is 5.91 Å². The Balaban J connectivity index is 1.65. The number of hydrogen-bond acceptors (Lipinski definition) is 5. The van der Waals surface area contributed by atoms with Crippen molar-refractivity contribution >= 4 is 11.8 Å². The van der Waals surface area contributed by atoms with Crippen LogP contribution in [0.3, 0.4) is 0 Å². The highest BCUT2D eigenvalue weighted by molar-refractivity contribution is 5.99. The van der Waals surface area contributed by atoms with Gasteiger partial charge in [-0.1, -0.05) is 60.7 Å². The van der Waals surface area contributed by atoms with E-state index in [-0.39, 0.29) is 24.3 Å². The van der Waals surface area contributed by atoms with Crippen molar-refractivity contribution < 1.29 is 14.7 Å². The molecule has 8 nitrogen and oxygen atoms in total. The zero-order chi connectivity index (χ0) is 24.5. The fourth-order valence-electron chi connectivity index (χ4n) is 5.00. The second kappa shape index (κ2) is 9.29. The average molecular weight is 473 g/mol. The van der Waals surface area contributed by atoms with Crippen LogP contribution in [-0.2, 0) is 4.79 Å². The van der Waals surface area contributed by atoms with Crippen molar-refractivity contribution in [1.29, 1.82) is 0 Å². The number of rotatable bonds is 5. The average Bonchev–Trinajstić information content (AvgIpc) is 3.43. The molecule has 0 spiro atoms. The van der Waals surface area contributed by atoms with Gasteiger partial charge >= 0.3 is 0 Å². The first-order chi connectivity index (χ1) is 17.0. The Labute approximate surface area is 203 Å². The largest absolute Gasteiger partial charge is 0.502 e. The molecule has 35 heavy (non-hydrogen) atoms. The van der Waals surface area contributed by atoms with E-state index in [1.807, 2.05) is 65.7 Å². The molecule has 2 aliphatic rings. The standard InChI is InChI=1S/C27H28N4O4/c1-19(26(34)28-15-8-9-16-28)29-18-31(30-17-14-22(32)25(33)24(30)27(29)35)23(20-10-4-2-5-11-20)21-12-6-3-7-13-21/h2-7,10-14,17,19,23,33H,8-9,15-16,18H2,1H3. The van der Waals surface area contributed by atoms with Gasteiger partial charge in [0.15, 0.2) is 11.4 Å². The number of likely N-dealkylation sites (tertiary alicyclic amines) is 1. The van der Waals surface area contributed by atoms with Crippen LogP contribution in [0.1, 0.15) is 47.4 Å². The molecule has 1 aromatic heterocycles. The van der Waals surface area contributed by atoms with Crippen LogP contribution < -0.4 is 10.4 Å². The molecule has 1 fully saturated rings. The minimum Gasteiger partial charge on any atom is -0.502 e. The summed E-state index contributed by atoms with van der Waals surface area (Å²) in [6.07, 6.45) is 3.40. The first-order valence-electron chi connectivity index (χ1n) is 11.9. The number of carbonyl (C=O) groups is 2. The van der Waals surface area contributed by atoms with Gasteiger partial charge in [0, 0.05) is 25.4 Å². The fraction of sp³-hybridized carbons (Fsp3) is 0.296. The minimum atomic E-state index is -0.751. The van der Waals surface area contributed by atoms with Crippen molar-refractivity contribution in [3.63, 3.8) is 0 Å². The van der Waals surface area contributed by atoms with E-state index in [0.717, 1.165) is 24.0 Å². The van der Waals surface area contributed by atoms with E-state index < -0.39 is 23.1 Å². The van der Waals surface area contributed by atoms with Crippen LogP contribution in [0.5, 0.6) is 5.75 Å². The zero-order valence-electron chi connectivity index (χ0n) is 19.6. The van der Waals surface area contributed by atoms with Crippen LogP contribution in [0.15, 0.2) is 77.7 Å². The highest BCUT2D eigenvalue weighted by Gasteiger charge is 2.41. The Morgan fingerprint density at radius 3 is 2.03 bits per heavy atom. The maximum Gasteiger partial charge on any atom is 0.278 e. The Morgan fingerprint density at radius 2 is 1.46 bits per heavy atom. The number of benzene rings is 2. The third-order valence-electron chi connectivity index (χ3n) is 6.86. The highest BCUT2D eigenvalue weighted by Crippen LogP contribution is 2.32. The molecule has 5 rings (SSSR count). The van der Waals surface area contributed by atoms with Crippen LogP contribution in [0.25, 0.3) is 0 Å². The van der Waals surface area contributed by atoms with Gasteiger partial charge in [-0.15, -0.1) is 0 Å². The first kappa shape index (κ1) is 22.7. The van der Waals surface area contributed by atoms with E-state index in [9.17, 15) is 19.5 Å². The van der Waals surface area contributed by atoms with Crippen LogP contribution >= 0.6 is 0 Å². The Morgan fingerprint density at radius 1 is 0.886 bits per heavy atom. The molecule has 1 unspecified atom stereocenters. The van der Waals surface area contributed by atoms with Crippen LogP contribution in [0, 0.1) is 0 Å². The van der Waals surface area contributed by atoms with Crippen LogP contribution in [-0.4, -0.2) is 57.2 Å². The lowest BCUT2D eigenvalue weighted by atomic mass is 9.98. The van der Waals surface area contributed by atoms with Gasteiger partial charge in [-0.25, -0.2) is 0 Å². The second-order valence-corrected chi connectivity index (χ2v) is 9.01. The second-order valence-electron chi connectivity index (χ2n) is 9.01. The van der Waals surface area contributed by atoms with Gasteiger partial charge in [0.05, 0.1) is 6.04 Å². The molecule has 0 bridgehead atoms. The van der Waals surface area contributed by atoms with E-state index in [4.69, 9.17) is 0 Å². The molecule has 1 atom stereocenters. The molecule has 0 aliphatic carbocycles. The van der Waals surface area contributed by atoms with Crippen molar-refractivity contribution in [1.82, 2.24) is 14.5 Å². The third-order valence-corrected chi connectivity index (χ3v) is 6.86. The molecule has 3 heterocycles. The molecule has 0 radical (unpaired) electrons. The zero-order valence-corrected chi connectivity index (χ0v) is 19.6. The lowest BCUT2D eigenvalue weighted by Crippen LogP contribution is -2.60. The van der Waals surface area contributed by atoms with Crippen LogP contribution in [0.2, 0.25) is 0 Å². The smallest absolute Gasteiger partial charge is 0.278 e. The quantitative estimate of drug-likeness (QED) is 0.617. The number of amides is 2. The molecule has 2 aliphatic heterocycles. The van der Waals surface area contributed by atoms with Crippen molar-refractivity contribution in [3.05, 3.63) is 100.0 Å². The van der Waals surface area contributed by atoms with E-state index in [2.05, 4.69) is 0 Å². The summed E-state index contributed by atoms with van der Waals surface area (Å²) in [4.78, 5) is 42.4. The molecule has 2 aromatic carbocycles. The minimum absolute atomic E-state index is 0.101. The molecule has 2 amide bonds. The number of nitrogens with zero attached hydrogens (tertiary/aromatic N) is 4. The summed E-state index contributed by atoms with van der Waals surface area (Å²) < 4.78 is 1.55. The number of hydrogen-bond donors (Lipinski definition) is 1. The fourth-order valence-corrected chi connectivity index (χ4v) is 5.00. The molecular formula is C27H28N4O4. The number of fused-ring (bicyclic) bond motifs is 1. The highest BCUT2D eigenvalue weighted by atomic mass is 16.3. The topological polar surface area (TPSA) is 86.1 Å². The maximum absolute atomic E-state index is 13.6. The lowest BCUT2D eigenvalue weighted by Gasteiger charge is -2.45. The predicted octanol–water partition coefficient (Wildman–Crippen LogP) is 2.71. The number of carbonyl (C=O) groups excluding carboxylic acids is 2. The summed E-state index contributed by atoms with van der Waals surface area (Å²) in [7, 11) is 0. The molecule has 180 valence electrons. The summed E-state index contributed by atoms with van der Waals surface area (Å²) in [6.45, 7) is 3.16. The molecule has 8 heteroatoms. The SMILES string of the molecule is CC(C(=O)N1CCCC1)N1CN(C(c2ccccc2)c2ccccc2)n2ccc(=O)c(O)c2C1=O. The Kier molecular flexibility index (Phi) is 6.03. The maximum atomic E-state index is 13.6. The summed E-state index contributed by atoms with van der Waals surface area (Å²) in [6, 6.07) is 19.8. The number of aromatic hydroxyl groups is 1. The summed E-state index contributed by atoms with van der Waals surface area (Å²) in [5.41, 5.74) is 1.16. The predicted molar refractivity (Wildman–Crippen MR) is 132 cm³/mol. The van der Waals surface area contributed by atoms with Gasteiger partial charge in [0.1, 0.15) is 12.7 Å². The van der Waals surface area contributed by atoms with E-state index in [0.29, 0.717) is 13.1 Å². The van der Waals surface area contributed by atoms with Gasteiger partial charge in [-0.05, 0) is 30.9 Å². The van der Waals surface area contributed by atoms with Crippen molar-refractivity contribution in [2.75, 3.05) is 24.8 Å². The van der Waals surface area contributed by atoms with E-state index in [1.165, 1.54) is 17.2 Å². The lowest BCUT2D eigenvalue weighted by molar-refractivity contribution is -0.134. The monoisotopic (exact) mass is 472 g/mol. The third kappa shape index (κ3) is 4.05. The molecule has 3 aromatic rings. The normalized spacial score (nSPS) is 16.5. The summed E-state index contributed by atoms with van der Waals surface area (Å²) >= 11 is 0. The van der Waals surface area contributed by atoms with Crippen LogP contribution in [0.4, 0.5) is 0 Å². The molecule has 1 N–H and O–H groups in total. The van der Waals surface area contributed by atoms with Crippen molar-refractivity contribution in [2.24, 2.45) is 0 Å². The molecule has 0 saturated carbocycles. The van der Waals surface area contributed by atoms with Gasteiger partial charge < -0.3 is 14.9 Å². The Bertz CT molecular complexity index is 1250. The van der Waals surface area contributed by atoms with Crippen molar-refractivity contribution in [3.8, 4) is 5.75 Å². The Hall–Kier alpha value is -4.07. The molecular weight excluding hydrogens is 444 g/mol. The van der Waals surface area contributed by atoms with E-state index in [1.54, 1.807) is 16.5 Å². The van der Waals surface area contributed by atoms with Gasteiger partial charge in [-0.3, -0.25) is 24.1 Å². The van der Waals surface area contributed by atoms with E-state index >= 15 is 0 Å².